The van der Waals surface area contributed by atoms with E-state index in [0.29, 0.717) is 6.54 Å². The summed E-state index contributed by atoms with van der Waals surface area (Å²) in [5.41, 5.74) is 4.21. The number of aryl methyl sites for hydroxylation is 1. The predicted molar refractivity (Wildman–Crippen MR) is 103 cm³/mol. The third kappa shape index (κ3) is 3.04. The van der Waals surface area contributed by atoms with Crippen molar-refractivity contribution in [2.75, 3.05) is 0 Å². The van der Waals surface area contributed by atoms with E-state index in [1.165, 1.54) is 5.56 Å². The Kier molecular flexibility index (Phi) is 4.36. The summed E-state index contributed by atoms with van der Waals surface area (Å²) >= 11 is 0. The molecule has 0 saturated heterocycles. The molecule has 0 fully saturated rings. The van der Waals surface area contributed by atoms with Crippen LogP contribution in [0.5, 0.6) is 0 Å². The van der Waals surface area contributed by atoms with Crippen LogP contribution < -0.4 is 4.57 Å². The number of aromatic nitrogens is 2. The van der Waals surface area contributed by atoms with Crippen molar-refractivity contribution in [3.05, 3.63) is 102 Å². The third-order valence-electron chi connectivity index (χ3n) is 4.84. The van der Waals surface area contributed by atoms with Gasteiger partial charge < -0.3 is 0 Å². The number of carbonyl (C=O) groups excluding carboxylic acids is 1. The summed E-state index contributed by atoms with van der Waals surface area (Å²) < 4.78 is 4.35. The first kappa shape index (κ1) is 16.3. The van der Waals surface area contributed by atoms with Crippen LogP contribution in [-0.4, -0.2) is 10.4 Å². The quantitative estimate of drug-likeness (QED) is 0.399. The molecule has 0 bridgehead atoms. The molecule has 128 valence electrons. The minimum atomic E-state index is 0.126. The minimum absolute atomic E-state index is 0.126. The Bertz CT molecular complexity index is 1050. The molecule has 26 heavy (non-hydrogen) atoms. The first-order chi connectivity index (χ1) is 12.7. The Morgan fingerprint density at radius 2 is 1.46 bits per heavy atom. The van der Waals surface area contributed by atoms with Crippen LogP contribution in [-0.2, 0) is 20.0 Å². The predicted octanol–water partition coefficient (Wildman–Crippen LogP) is 3.94. The van der Waals surface area contributed by atoms with E-state index in [2.05, 4.69) is 52.6 Å². The summed E-state index contributed by atoms with van der Waals surface area (Å²) in [5, 5.41) is 0. The standard InChI is InChI=1S/C23H21N2O/c1-24-20-14-8-9-15-21(20)25(17-22(26)19-12-6-3-7-13-19)23(24)16-18-10-4-2-5-11-18/h2-15H,16-17H2,1H3/q+1. The first-order valence-electron chi connectivity index (χ1n) is 8.82. The molecule has 4 rings (SSSR count). The highest BCUT2D eigenvalue weighted by Gasteiger charge is 2.24. The van der Waals surface area contributed by atoms with Gasteiger partial charge in [0.1, 0.15) is 0 Å². The van der Waals surface area contributed by atoms with Crippen molar-refractivity contribution in [3.8, 4) is 0 Å². The van der Waals surface area contributed by atoms with E-state index in [1.807, 2.05) is 48.5 Å². The highest BCUT2D eigenvalue weighted by molar-refractivity contribution is 5.96. The van der Waals surface area contributed by atoms with Gasteiger partial charge in [0.2, 0.25) is 5.78 Å². The highest BCUT2D eigenvalue weighted by atomic mass is 16.1. The lowest BCUT2D eigenvalue weighted by atomic mass is 10.1. The van der Waals surface area contributed by atoms with Crippen molar-refractivity contribution in [2.24, 2.45) is 7.05 Å². The van der Waals surface area contributed by atoms with Crippen LogP contribution >= 0.6 is 0 Å². The van der Waals surface area contributed by atoms with Gasteiger partial charge in [-0.2, -0.15) is 0 Å². The fourth-order valence-corrected chi connectivity index (χ4v) is 3.46. The zero-order chi connectivity index (χ0) is 17.9. The lowest BCUT2D eigenvalue weighted by molar-refractivity contribution is -0.653. The zero-order valence-electron chi connectivity index (χ0n) is 14.8. The van der Waals surface area contributed by atoms with Crippen LogP contribution in [0.2, 0.25) is 0 Å². The maximum Gasteiger partial charge on any atom is 0.262 e. The average Bonchev–Trinajstić information content (AvgIpc) is 2.95. The number of Topliss-reactive ketones (excluding diaryl/α,β-unsaturated/α-hetero) is 1. The molecule has 4 aromatic rings. The smallest absolute Gasteiger partial charge is 0.262 e. The summed E-state index contributed by atoms with van der Waals surface area (Å²) in [5.74, 6) is 1.25. The van der Waals surface area contributed by atoms with Gasteiger partial charge in [0.05, 0.1) is 13.5 Å². The number of imidazole rings is 1. The zero-order valence-corrected chi connectivity index (χ0v) is 14.8. The van der Waals surface area contributed by atoms with Crippen LogP contribution in [0, 0.1) is 0 Å². The summed E-state index contributed by atoms with van der Waals surface area (Å²) in [6, 6.07) is 28.1. The SMILES string of the molecule is C[n+]1c(Cc2ccccc2)n(CC(=O)c2ccccc2)c2ccccc21. The Labute approximate surface area is 153 Å². The van der Waals surface area contributed by atoms with Gasteiger partial charge in [0.25, 0.3) is 5.82 Å². The molecule has 0 unspecified atom stereocenters. The fraction of sp³-hybridized carbons (Fsp3) is 0.130. The number of benzene rings is 3. The Balaban J connectivity index is 1.79. The van der Waals surface area contributed by atoms with Crippen molar-refractivity contribution < 1.29 is 9.36 Å². The molecule has 0 radical (unpaired) electrons. The fourth-order valence-electron chi connectivity index (χ4n) is 3.46. The van der Waals surface area contributed by atoms with Gasteiger partial charge in [-0.1, -0.05) is 72.8 Å². The Morgan fingerprint density at radius 3 is 2.19 bits per heavy atom. The molecule has 0 amide bonds. The number of fused-ring (bicyclic) bond motifs is 1. The van der Waals surface area contributed by atoms with Gasteiger partial charge in [-0.05, 0) is 17.7 Å². The first-order valence-corrected chi connectivity index (χ1v) is 8.82. The van der Waals surface area contributed by atoms with E-state index in [1.54, 1.807) is 0 Å². The topological polar surface area (TPSA) is 25.9 Å². The minimum Gasteiger partial charge on any atom is -0.290 e. The van der Waals surface area contributed by atoms with Crippen molar-refractivity contribution >= 4 is 16.8 Å². The van der Waals surface area contributed by atoms with Gasteiger partial charge in [-0.25, -0.2) is 9.13 Å². The van der Waals surface area contributed by atoms with Gasteiger partial charge >= 0.3 is 0 Å². The maximum atomic E-state index is 12.8. The number of carbonyl (C=O) groups is 1. The molecule has 0 aliphatic rings. The van der Waals surface area contributed by atoms with Crippen molar-refractivity contribution in [1.29, 1.82) is 0 Å². The molecule has 0 N–H and O–H groups in total. The van der Waals surface area contributed by atoms with Crippen LogP contribution in [0.3, 0.4) is 0 Å². The van der Waals surface area contributed by atoms with Crippen LogP contribution in [0.15, 0.2) is 84.9 Å². The molecular weight excluding hydrogens is 320 g/mol. The third-order valence-corrected chi connectivity index (χ3v) is 4.84. The van der Waals surface area contributed by atoms with Gasteiger partial charge in [-0.15, -0.1) is 0 Å². The molecule has 0 saturated carbocycles. The van der Waals surface area contributed by atoms with Crippen molar-refractivity contribution in [2.45, 2.75) is 13.0 Å². The second-order valence-corrected chi connectivity index (χ2v) is 6.50. The molecule has 1 heterocycles. The lowest BCUT2D eigenvalue weighted by Crippen LogP contribution is -2.33. The second-order valence-electron chi connectivity index (χ2n) is 6.50. The number of para-hydroxylation sites is 2. The molecule has 0 aliphatic carbocycles. The van der Waals surface area contributed by atoms with Gasteiger partial charge in [0.15, 0.2) is 17.6 Å². The maximum absolute atomic E-state index is 12.8. The molecular formula is C23H21N2O+. The van der Waals surface area contributed by atoms with Crippen LogP contribution in [0.25, 0.3) is 11.0 Å². The van der Waals surface area contributed by atoms with E-state index in [4.69, 9.17) is 0 Å². The molecule has 1 aromatic heterocycles. The second kappa shape index (κ2) is 6.96. The molecule has 3 heteroatoms. The number of ketones is 1. The Morgan fingerprint density at radius 1 is 0.846 bits per heavy atom. The number of hydrogen-bond donors (Lipinski definition) is 0. The van der Waals surface area contributed by atoms with Crippen molar-refractivity contribution in [1.82, 2.24) is 4.57 Å². The Hall–Kier alpha value is -3.20. The molecule has 3 aromatic carbocycles. The lowest BCUT2D eigenvalue weighted by Gasteiger charge is -2.04. The summed E-state index contributed by atoms with van der Waals surface area (Å²) in [6.45, 7) is 0.341. The number of hydrogen-bond acceptors (Lipinski definition) is 1. The number of nitrogens with zero attached hydrogens (tertiary/aromatic N) is 2. The average molecular weight is 341 g/mol. The summed E-state index contributed by atoms with van der Waals surface area (Å²) in [6.07, 6.45) is 0.786. The molecule has 3 nitrogen and oxygen atoms in total. The van der Waals surface area contributed by atoms with E-state index in [9.17, 15) is 4.79 Å². The van der Waals surface area contributed by atoms with Crippen LogP contribution in [0.1, 0.15) is 21.7 Å². The molecule has 0 atom stereocenters. The van der Waals surface area contributed by atoms with E-state index < -0.39 is 0 Å². The summed E-state index contributed by atoms with van der Waals surface area (Å²) in [7, 11) is 2.07. The molecule has 0 aliphatic heterocycles. The van der Waals surface area contributed by atoms with Gasteiger partial charge in [-0.3, -0.25) is 4.79 Å². The monoisotopic (exact) mass is 341 g/mol. The van der Waals surface area contributed by atoms with E-state index >= 15 is 0 Å². The van der Waals surface area contributed by atoms with E-state index in [-0.39, 0.29) is 5.78 Å². The molecule has 0 spiro atoms. The normalized spacial score (nSPS) is 11.0. The summed E-state index contributed by atoms with van der Waals surface area (Å²) in [4.78, 5) is 12.8. The number of rotatable bonds is 5. The highest BCUT2D eigenvalue weighted by Crippen LogP contribution is 2.18. The van der Waals surface area contributed by atoms with Crippen LogP contribution in [0.4, 0.5) is 0 Å². The largest absolute Gasteiger partial charge is 0.290 e. The van der Waals surface area contributed by atoms with Crippen molar-refractivity contribution in [3.63, 3.8) is 0 Å². The van der Waals surface area contributed by atoms with Gasteiger partial charge in [0, 0.05) is 5.56 Å². The van der Waals surface area contributed by atoms with E-state index in [0.717, 1.165) is 28.8 Å².